The lowest BCUT2D eigenvalue weighted by atomic mass is 10.1. The van der Waals surface area contributed by atoms with E-state index in [0.29, 0.717) is 4.88 Å². The Morgan fingerprint density at radius 3 is 2.52 bits per heavy atom. The number of halogens is 4. The summed E-state index contributed by atoms with van der Waals surface area (Å²) in [6.45, 7) is 1.66. The van der Waals surface area contributed by atoms with Crippen LogP contribution in [0, 0.1) is 11.6 Å². The first-order valence-electron chi connectivity index (χ1n) is 5.98. The highest BCUT2D eigenvalue weighted by molar-refractivity contribution is 9.13. The van der Waals surface area contributed by atoms with Crippen LogP contribution in [0.15, 0.2) is 32.5 Å². The Balaban J connectivity index is 2.28. The van der Waals surface area contributed by atoms with Gasteiger partial charge in [0.05, 0.1) is 14.7 Å². The molecule has 0 saturated carbocycles. The molecule has 1 atom stereocenters. The van der Waals surface area contributed by atoms with Gasteiger partial charge in [-0.05, 0) is 63.0 Å². The summed E-state index contributed by atoms with van der Waals surface area (Å²) in [6, 6.07) is 4.36. The predicted octanol–water partition coefficient (Wildman–Crippen LogP) is 5.38. The van der Waals surface area contributed by atoms with Crippen molar-refractivity contribution in [3.05, 3.63) is 54.6 Å². The average Bonchev–Trinajstić information content (AvgIpc) is 2.79. The van der Waals surface area contributed by atoms with Crippen LogP contribution < -0.4 is 0 Å². The molecule has 2 nitrogen and oxygen atoms in total. The van der Waals surface area contributed by atoms with Gasteiger partial charge in [0.2, 0.25) is 0 Å². The van der Waals surface area contributed by atoms with Crippen LogP contribution in [-0.2, 0) is 0 Å². The van der Waals surface area contributed by atoms with Gasteiger partial charge < -0.3 is 4.90 Å². The number of hydrogen-bond acceptors (Lipinski definition) is 2. The summed E-state index contributed by atoms with van der Waals surface area (Å²) in [7, 11) is 1.57. The molecule has 0 aliphatic rings. The summed E-state index contributed by atoms with van der Waals surface area (Å²) < 4.78 is 28.7. The number of rotatable bonds is 3. The Morgan fingerprint density at radius 1 is 1.29 bits per heavy atom. The van der Waals surface area contributed by atoms with Gasteiger partial charge in [-0.2, -0.15) is 0 Å². The number of thiophene rings is 1. The molecular formula is C14H11Br2F2NOS. The van der Waals surface area contributed by atoms with Crippen molar-refractivity contribution >= 4 is 49.1 Å². The second-order valence-electron chi connectivity index (χ2n) is 4.49. The van der Waals surface area contributed by atoms with Gasteiger partial charge in [0.15, 0.2) is 0 Å². The molecule has 1 unspecified atom stereocenters. The summed E-state index contributed by atoms with van der Waals surface area (Å²) in [5.74, 6) is -1.31. The molecular weight excluding hydrogens is 428 g/mol. The molecule has 1 heterocycles. The van der Waals surface area contributed by atoms with Crippen LogP contribution in [0.3, 0.4) is 0 Å². The van der Waals surface area contributed by atoms with Gasteiger partial charge >= 0.3 is 0 Å². The van der Waals surface area contributed by atoms with Crippen LogP contribution in [0.25, 0.3) is 0 Å². The summed E-state index contributed by atoms with van der Waals surface area (Å²) >= 11 is 7.93. The zero-order chi connectivity index (χ0) is 15.7. The summed E-state index contributed by atoms with van der Waals surface area (Å²) in [4.78, 5) is 14.3. The molecule has 21 heavy (non-hydrogen) atoms. The lowest BCUT2D eigenvalue weighted by Gasteiger charge is -2.25. The third-order valence-electron chi connectivity index (χ3n) is 3.17. The van der Waals surface area contributed by atoms with E-state index in [0.717, 1.165) is 26.5 Å². The molecule has 7 heteroatoms. The zero-order valence-electron chi connectivity index (χ0n) is 11.2. The van der Waals surface area contributed by atoms with E-state index in [2.05, 4.69) is 31.9 Å². The molecule has 0 aliphatic carbocycles. The Kier molecular flexibility index (Phi) is 5.16. The normalized spacial score (nSPS) is 12.3. The number of carbonyl (C=O) groups is 1. The standard InChI is InChI=1S/C14H11Br2F2NOS/c1-7(9-5-8(17)3-4-11(9)18)19(2)14(20)12-6-10(15)13(16)21-12/h3-7H,1-2H3. The fraction of sp³-hybridized carbons (Fsp3) is 0.214. The molecule has 0 spiro atoms. The molecule has 0 aliphatic heterocycles. The quantitative estimate of drug-likeness (QED) is 0.629. The van der Waals surface area contributed by atoms with Crippen LogP contribution in [0.1, 0.15) is 28.2 Å². The molecule has 0 bridgehead atoms. The van der Waals surface area contributed by atoms with Crippen LogP contribution in [0.2, 0.25) is 0 Å². The number of carbonyl (C=O) groups excluding carboxylic acids is 1. The molecule has 112 valence electrons. The minimum absolute atomic E-state index is 0.153. The lowest BCUT2D eigenvalue weighted by Crippen LogP contribution is -2.29. The molecule has 0 radical (unpaired) electrons. The molecule has 1 aromatic carbocycles. The maximum atomic E-state index is 13.8. The van der Waals surface area contributed by atoms with E-state index < -0.39 is 17.7 Å². The minimum Gasteiger partial charge on any atom is -0.334 e. The van der Waals surface area contributed by atoms with Gasteiger partial charge in [0.1, 0.15) is 11.6 Å². The van der Waals surface area contributed by atoms with Gasteiger partial charge in [-0.15, -0.1) is 11.3 Å². The molecule has 0 fully saturated rings. The van der Waals surface area contributed by atoms with E-state index in [1.54, 1.807) is 20.0 Å². The van der Waals surface area contributed by atoms with Crippen molar-refractivity contribution in [3.8, 4) is 0 Å². The maximum Gasteiger partial charge on any atom is 0.264 e. The first kappa shape index (κ1) is 16.6. The van der Waals surface area contributed by atoms with Crippen molar-refractivity contribution in [2.75, 3.05) is 7.05 Å². The highest BCUT2D eigenvalue weighted by atomic mass is 79.9. The number of hydrogen-bond donors (Lipinski definition) is 0. The monoisotopic (exact) mass is 437 g/mol. The SMILES string of the molecule is CC(c1cc(F)ccc1F)N(C)C(=O)c1cc(Br)c(Br)s1. The summed E-state index contributed by atoms with van der Waals surface area (Å²) in [6.07, 6.45) is 0. The van der Waals surface area contributed by atoms with Crippen LogP contribution in [-0.4, -0.2) is 17.9 Å². The predicted molar refractivity (Wildman–Crippen MR) is 86.6 cm³/mol. The van der Waals surface area contributed by atoms with E-state index in [9.17, 15) is 13.6 Å². The highest BCUT2D eigenvalue weighted by Gasteiger charge is 2.23. The van der Waals surface area contributed by atoms with Crippen molar-refractivity contribution in [2.24, 2.45) is 0 Å². The fourth-order valence-corrected chi connectivity index (χ4v) is 3.86. The van der Waals surface area contributed by atoms with Crippen LogP contribution in [0.4, 0.5) is 8.78 Å². The van der Waals surface area contributed by atoms with Crippen molar-refractivity contribution in [2.45, 2.75) is 13.0 Å². The minimum atomic E-state index is -0.576. The van der Waals surface area contributed by atoms with Crippen LogP contribution in [0.5, 0.6) is 0 Å². The largest absolute Gasteiger partial charge is 0.334 e. The molecule has 2 aromatic rings. The second kappa shape index (κ2) is 6.54. The Labute approximate surface area is 142 Å². The van der Waals surface area contributed by atoms with Crippen LogP contribution >= 0.6 is 43.2 Å². The summed E-state index contributed by atoms with van der Waals surface area (Å²) in [5, 5.41) is 0. The topological polar surface area (TPSA) is 20.3 Å². The van der Waals surface area contributed by atoms with Crippen molar-refractivity contribution in [1.29, 1.82) is 0 Å². The smallest absolute Gasteiger partial charge is 0.264 e. The third kappa shape index (κ3) is 3.52. The van der Waals surface area contributed by atoms with E-state index in [-0.39, 0.29) is 11.5 Å². The average molecular weight is 439 g/mol. The third-order valence-corrected chi connectivity index (χ3v) is 6.41. The van der Waals surface area contributed by atoms with Crippen molar-refractivity contribution < 1.29 is 13.6 Å². The molecule has 1 aromatic heterocycles. The van der Waals surface area contributed by atoms with E-state index in [1.165, 1.54) is 16.2 Å². The molecule has 0 N–H and O–H groups in total. The Hall–Kier alpha value is -0.790. The Bertz CT molecular complexity index is 670. The van der Waals surface area contributed by atoms with E-state index in [4.69, 9.17) is 0 Å². The number of amides is 1. The van der Waals surface area contributed by atoms with Crippen molar-refractivity contribution in [1.82, 2.24) is 4.90 Å². The number of benzene rings is 1. The Morgan fingerprint density at radius 2 is 1.95 bits per heavy atom. The molecule has 0 saturated heterocycles. The van der Waals surface area contributed by atoms with Gasteiger partial charge in [0.25, 0.3) is 5.91 Å². The lowest BCUT2D eigenvalue weighted by molar-refractivity contribution is 0.0745. The highest BCUT2D eigenvalue weighted by Crippen LogP contribution is 2.34. The molecule has 1 amide bonds. The van der Waals surface area contributed by atoms with Gasteiger partial charge in [-0.3, -0.25) is 4.79 Å². The zero-order valence-corrected chi connectivity index (χ0v) is 15.2. The first-order valence-corrected chi connectivity index (χ1v) is 8.38. The van der Waals surface area contributed by atoms with Gasteiger partial charge in [0, 0.05) is 17.1 Å². The summed E-state index contributed by atoms with van der Waals surface area (Å²) in [5.41, 5.74) is 0.153. The maximum absolute atomic E-state index is 13.8. The first-order chi connectivity index (χ1) is 9.81. The second-order valence-corrected chi connectivity index (χ2v) is 7.71. The van der Waals surface area contributed by atoms with Gasteiger partial charge in [-0.1, -0.05) is 0 Å². The fourth-order valence-electron chi connectivity index (χ4n) is 1.85. The molecule has 2 rings (SSSR count). The van der Waals surface area contributed by atoms with E-state index in [1.807, 2.05) is 0 Å². The van der Waals surface area contributed by atoms with E-state index >= 15 is 0 Å². The van der Waals surface area contributed by atoms with Gasteiger partial charge in [-0.25, -0.2) is 8.78 Å². The van der Waals surface area contributed by atoms with Crippen molar-refractivity contribution in [3.63, 3.8) is 0 Å². The number of nitrogens with zero attached hydrogens (tertiary/aromatic N) is 1.